The van der Waals surface area contributed by atoms with E-state index < -0.39 is 0 Å². The number of hydrogen-bond donors (Lipinski definition) is 1. The number of pyridine rings is 2. The molecule has 0 aromatic carbocycles. The fraction of sp³-hybridized carbons (Fsp3) is 0.227. The highest BCUT2D eigenvalue weighted by molar-refractivity contribution is 7.09. The summed E-state index contributed by atoms with van der Waals surface area (Å²) in [6.45, 7) is 0.791. The second-order valence-electron chi connectivity index (χ2n) is 6.96. The lowest BCUT2D eigenvalue weighted by molar-refractivity contribution is 0.899. The van der Waals surface area contributed by atoms with Crippen molar-refractivity contribution in [3.8, 4) is 22.6 Å². The van der Waals surface area contributed by atoms with Crippen LogP contribution in [0.4, 0.5) is 5.82 Å². The van der Waals surface area contributed by atoms with Gasteiger partial charge in [-0.3, -0.25) is 9.97 Å². The number of nitrogens with one attached hydrogen (secondary N) is 1. The molecule has 0 unspecified atom stereocenters. The zero-order chi connectivity index (χ0) is 19.5. The predicted octanol–water partition coefficient (Wildman–Crippen LogP) is 4.20. The van der Waals surface area contributed by atoms with E-state index in [2.05, 4.69) is 20.7 Å². The quantitative estimate of drug-likeness (QED) is 0.523. The van der Waals surface area contributed by atoms with Crippen LogP contribution in [0.25, 0.3) is 22.6 Å². The van der Waals surface area contributed by atoms with Crippen molar-refractivity contribution in [1.29, 1.82) is 0 Å². The van der Waals surface area contributed by atoms with Gasteiger partial charge in [0.25, 0.3) is 0 Å². The fourth-order valence-corrected chi connectivity index (χ4v) is 4.38. The average Bonchev–Trinajstić information content (AvgIpc) is 3.44. The van der Waals surface area contributed by atoms with Crippen molar-refractivity contribution in [1.82, 2.24) is 24.9 Å². The first-order valence-corrected chi connectivity index (χ1v) is 10.6. The first kappa shape index (κ1) is 17.9. The van der Waals surface area contributed by atoms with Gasteiger partial charge in [0.05, 0.1) is 10.7 Å². The minimum Gasteiger partial charge on any atom is -0.369 e. The van der Waals surface area contributed by atoms with Gasteiger partial charge < -0.3 is 5.32 Å². The van der Waals surface area contributed by atoms with Crippen LogP contribution in [0.15, 0.2) is 54.4 Å². The molecule has 7 heteroatoms. The van der Waals surface area contributed by atoms with E-state index in [0.717, 1.165) is 71.4 Å². The van der Waals surface area contributed by atoms with Gasteiger partial charge in [-0.05, 0) is 43.5 Å². The number of thiazole rings is 1. The molecule has 0 atom stereocenters. The summed E-state index contributed by atoms with van der Waals surface area (Å²) in [6.07, 6.45) is 11.2. The normalized spacial score (nSPS) is 12.7. The van der Waals surface area contributed by atoms with Crippen molar-refractivity contribution >= 4 is 17.2 Å². The highest BCUT2D eigenvalue weighted by Gasteiger charge is 2.20. The smallest absolute Gasteiger partial charge is 0.163 e. The van der Waals surface area contributed by atoms with Crippen LogP contribution >= 0.6 is 11.3 Å². The van der Waals surface area contributed by atoms with E-state index in [1.54, 1.807) is 29.9 Å². The molecule has 4 aromatic rings. The van der Waals surface area contributed by atoms with E-state index in [0.29, 0.717) is 0 Å². The third-order valence-corrected chi connectivity index (χ3v) is 5.92. The number of nitrogens with zero attached hydrogens (tertiary/aromatic N) is 5. The Balaban J connectivity index is 1.31. The maximum absolute atomic E-state index is 4.81. The van der Waals surface area contributed by atoms with Crippen LogP contribution in [0, 0.1) is 0 Å². The van der Waals surface area contributed by atoms with Crippen LogP contribution in [-0.2, 0) is 19.3 Å². The summed E-state index contributed by atoms with van der Waals surface area (Å²) in [5, 5.41) is 6.76. The molecule has 0 aliphatic heterocycles. The van der Waals surface area contributed by atoms with Crippen molar-refractivity contribution in [2.45, 2.75) is 25.7 Å². The van der Waals surface area contributed by atoms with Crippen molar-refractivity contribution < 1.29 is 0 Å². The predicted molar refractivity (Wildman–Crippen MR) is 115 cm³/mol. The van der Waals surface area contributed by atoms with E-state index in [1.807, 2.05) is 30.5 Å². The molecular weight excluding hydrogens is 380 g/mol. The lowest BCUT2D eigenvalue weighted by Crippen LogP contribution is -2.10. The monoisotopic (exact) mass is 400 g/mol. The molecule has 0 bridgehead atoms. The van der Waals surface area contributed by atoms with Crippen LogP contribution in [0.2, 0.25) is 0 Å². The summed E-state index contributed by atoms with van der Waals surface area (Å²) in [7, 11) is 0. The summed E-state index contributed by atoms with van der Waals surface area (Å²) < 4.78 is 0. The molecule has 1 aliphatic rings. The van der Waals surface area contributed by atoms with Gasteiger partial charge in [-0.15, -0.1) is 11.3 Å². The summed E-state index contributed by atoms with van der Waals surface area (Å²) in [6, 6.07) is 7.90. The van der Waals surface area contributed by atoms with Gasteiger partial charge in [-0.2, -0.15) is 0 Å². The minimum absolute atomic E-state index is 0.746. The molecule has 5 rings (SSSR count). The van der Waals surface area contributed by atoms with Gasteiger partial charge in [0.1, 0.15) is 5.82 Å². The molecule has 0 amide bonds. The topological polar surface area (TPSA) is 76.5 Å². The van der Waals surface area contributed by atoms with Crippen molar-refractivity contribution in [2.24, 2.45) is 0 Å². The van der Waals surface area contributed by atoms with Crippen LogP contribution in [0.5, 0.6) is 0 Å². The fourth-order valence-electron chi connectivity index (χ4n) is 3.57. The maximum Gasteiger partial charge on any atom is 0.163 e. The van der Waals surface area contributed by atoms with Crippen LogP contribution in [0.3, 0.4) is 0 Å². The zero-order valence-corrected chi connectivity index (χ0v) is 16.7. The summed E-state index contributed by atoms with van der Waals surface area (Å²) >= 11 is 1.69. The molecule has 144 valence electrons. The zero-order valence-electron chi connectivity index (χ0n) is 15.9. The molecule has 0 radical (unpaired) electrons. The van der Waals surface area contributed by atoms with Gasteiger partial charge in [0.2, 0.25) is 0 Å². The summed E-state index contributed by atoms with van der Waals surface area (Å²) in [5.74, 6) is 1.70. The lowest BCUT2D eigenvalue weighted by atomic mass is 10.2. The molecule has 0 saturated carbocycles. The maximum atomic E-state index is 4.81. The Bertz CT molecular complexity index is 1110. The molecule has 0 saturated heterocycles. The summed E-state index contributed by atoms with van der Waals surface area (Å²) in [4.78, 5) is 22.6. The Labute approximate surface area is 173 Å². The second kappa shape index (κ2) is 8.05. The highest BCUT2D eigenvalue weighted by Crippen LogP contribution is 2.29. The van der Waals surface area contributed by atoms with Crippen molar-refractivity contribution in [3.05, 3.63) is 70.7 Å². The Morgan fingerprint density at radius 3 is 2.72 bits per heavy atom. The van der Waals surface area contributed by atoms with E-state index in [1.165, 1.54) is 5.56 Å². The van der Waals surface area contributed by atoms with Gasteiger partial charge in [0.15, 0.2) is 5.82 Å². The molecule has 29 heavy (non-hydrogen) atoms. The number of aromatic nitrogens is 5. The van der Waals surface area contributed by atoms with Crippen LogP contribution in [0.1, 0.15) is 22.7 Å². The second-order valence-corrected chi connectivity index (χ2v) is 7.90. The highest BCUT2D eigenvalue weighted by atomic mass is 32.1. The Morgan fingerprint density at radius 1 is 0.931 bits per heavy atom. The third kappa shape index (κ3) is 3.86. The van der Waals surface area contributed by atoms with E-state index in [9.17, 15) is 0 Å². The molecule has 4 heterocycles. The number of anilines is 1. The average molecular weight is 401 g/mol. The lowest BCUT2D eigenvalue weighted by Gasteiger charge is -2.12. The van der Waals surface area contributed by atoms with Crippen LogP contribution in [-0.4, -0.2) is 31.5 Å². The van der Waals surface area contributed by atoms with E-state index in [-0.39, 0.29) is 0 Å². The molecule has 0 fully saturated rings. The number of aryl methyl sites for hydroxylation is 1. The van der Waals surface area contributed by atoms with Gasteiger partial charge >= 0.3 is 0 Å². The van der Waals surface area contributed by atoms with E-state index >= 15 is 0 Å². The molecule has 1 aliphatic carbocycles. The SMILES string of the molecule is c1cncc(-c2nc3c(c(NCCc4nc(-c5ccncc5)cs4)n2)CCC3)c1. The molecule has 1 N–H and O–H groups in total. The minimum atomic E-state index is 0.746. The summed E-state index contributed by atoms with van der Waals surface area (Å²) in [5.41, 5.74) is 5.48. The Hall–Kier alpha value is -3.19. The first-order valence-electron chi connectivity index (χ1n) is 9.76. The molecule has 6 nitrogen and oxygen atoms in total. The number of fused-ring (bicyclic) bond motifs is 1. The number of hydrogen-bond acceptors (Lipinski definition) is 7. The number of rotatable bonds is 6. The molecular formula is C22H20N6S. The largest absolute Gasteiger partial charge is 0.369 e. The van der Waals surface area contributed by atoms with Gasteiger partial charge in [-0.1, -0.05) is 0 Å². The van der Waals surface area contributed by atoms with E-state index in [4.69, 9.17) is 15.0 Å². The molecule has 0 spiro atoms. The van der Waals surface area contributed by atoms with Gasteiger partial charge in [0, 0.05) is 65.5 Å². The third-order valence-electron chi connectivity index (χ3n) is 5.01. The standard InChI is InChI=1S/C22H20N6S/c1-4-17-18(5-1)27-21(16-3-2-9-24-13-16)28-22(17)25-12-8-20-26-19(14-29-20)15-6-10-23-11-7-15/h2-3,6-7,9-11,13-14H,1,4-5,8,12H2,(H,25,27,28). The van der Waals surface area contributed by atoms with Gasteiger partial charge in [-0.25, -0.2) is 15.0 Å². The van der Waals surface area contributed by atoms with Crippen LogP contribution < -0.4 is 5.32 Å². The molecule has 4 aromatic heterocycles. The first-order chi connectivity index (χ1) is 14.4. The Morgan fingerprint density at radius 2 is 1.86 bits per heavy atom. The van der Waals surface area contributed by atoms with Crippen molar-refractivity contribution in [2.75, 3.05) is 11.9 Å². The Kier molecular flexibility index (Phi) is 4.96. The van der Waals surface area contributed by atoms with Crippen molar-refractivity contribution in [3.63, 3.8) is 0 Å².